The molecule has 0 saturated carbocycles. The summed E-state index contributed by atoms with van der Waals surface area (Å²) in [5, 5.41) is 0. The van der Waals surface area contributed by atoms with Crippen molar-refractivity contribution in [2.24, 2.45) is 0 Å². The predicted molar refractivity (Wildman–Crippen MR) is 67.4 cm³/mol. The van der Waals surface area contributed by atoms with E-state index in [0.717, 1.165) is 21.2 Å². The highest BCUT2D eigenvalue weighted by molar-refractivity contribution is 7.18. The summed E-state index contributed by atoms with van der Waals surface area (Å²) in [7, 11) is 1.55. The number of thiophene rings is 1. The molecule has 0 amide bonds. The van der Waals surface area contributed by atoms with Crippen molar-refractivity contribution in [1.29, 1.82) is 0 Å². The second-order valence-corrected chi connectivity index (χ2v) is 4.54. The first-order valence-corrected chi connectivity index (χ1v) is 6.04. The Hall–Kier alpha value is -2.21. The Labute approximate surface area is 107 Å². The molecular formula is C12H9N3O2S. The minimum atomic E-state index is 0.363. The highest BCUT2D eigenvalue weighted by Gasteiger charge is 2.09. The molecule has 0 atom stereocenters. The maximum Gasteiger partial charge on any atom is 0.316 e. The molecule has 0 aliphatic heterocycles. The van der Waals surface area contributed by atoms with E-state index in [4.69, 9.17) is 9.15 Å². The molecule has 0 aromatic carbocycles. The lowest BCUT2D eigenvalue weighted by molar-refractivity contribution is 0.380. The first-order valence-electron chi connectivity index (χ1n) is 5.23. The van der Waals surface area contributed by atoms with E-state index in [1.807, 2.05) is 18.2 Å². The van der Waals surface area contributed by atoms with Gasteiger partial charge in [0.15, 0.2) is 12.2 Å². The largest absolute Gasteiger partial charge is 0.467 e. The van der Waals surface area contributed by atoms with Crippen molar-refractivity contribution in [3.8, 4) is 27.2 Å². The molecule has 3 heterocycles. The number of rotatable bonds is 3. The van der Waals surface area contributed by atoms with Crippen LogP contribution in [0.25, 0.3) is 21.2 Å². The average molecular weight is 259 g/mol. The van der Waals surface area contributed by atoms with Crippen molar-refractivity contribution >= 4 is 11.3 Å². The smallest absolute Gasteiger partial charge is 0.316 e. The third-order valence-corrected chi connectivity index (χ3v) is 3.47. The second kappa shape index (κ2) is 4.58. The summed E-state index contributed by atoms with van der Waals surface area (Å²) in [5.41, 5.74) is 0.831. The normalized spacial score (nSPS) is 10.5. The lowest BCUT2D eigenvalue weighted by Crippen LogP contribution is -1.91. The van der Waals surface area contributed by atoms with Gasteiger partial charge in [-0.05, 0) is 18.2 Å². The minimum Gasteiger partial charge on any atom is -0.467 e. The number of methoxy groups -OCH3 is 1. The lowest BCUT2D eigenvalue weighted by atomic mass is 10.3. The van der Waals surface area contributed by atoms with Crippen LogP contribution in [0.2, 0.25) is 0 Å². The quantitative estimate of drug-likeness (QED) is 0.723. The van der Waals surface area contributed by atoms with Crippen molar-refractivity contribution in [1.82, 2.24) is 15.0 Å². The van der Waals surface area contributed by atoms with Crippen LogP contribution >= 0.6 is 11.3 Å². The number of aromatic nitrogens is 3. The summed E-state index contributed by atoms with van der Waals surface area (Å²) in [4.78, 5) is 14.2. The molecule has 6 heteroatoms. The molecule has 18 heavy (non-hydrogen) atoms. The fraction of sp³-hybridized carbons (Fsp3) is 0.0833. The van der Waals surface area contributed by atoms with Crippen LogP contribution in [0.4, 0.5) is 0 Å². The molecule has 3 rings (SSSR count). The van der Waals surface area contributed by atoms with Crippen LogP contribution in [0.3, 0.4) is 0 Å². The monoisotopic (exact) mass is 259 g/mol. The maximum absolute atomic E-state index is 5.26. The van der Waals surface area contributed by atoms with Gasteiger partial charge in [-0.15, -0.1) is 11.3 Å². The van der Waals surface area contributed by atoms with Crippen LogP contribution in [0, 0.1) is 0 Å². The summed E-state index contributed by atoms with van der Waals surface area (Å²) >= 11 is 1.58. The zero-order valence-corrected chi connectivity index (χ0v) is 10.3. The van der Waals surface area contributed by atoms with Crippen LogP contribution in [0.1, 0.15) is 0 Å². The number of hydrogen-bond donors (Lipinski definition) is 0. The summed E-state index contributed by atoms with van der Waals surface area (Å²) in [6.07, 6.45) is 4.79. The van der Waals surface area contributed by atoms with Crippen LogP contribution in [0.15, 0.2) is 41.4 Å². The predicted octanol–water partition coefficient (Wildman–Crippen LogP) is 2.87. The van der Waals surface area contributed by atoms with E-state index in [9.17, 15) is 0 Å². The van der Waals surface area contributed by atoms with Gasteiger partial charge in [-0.25, -0.2) is 9.97 Å². The molecule has 0 bridgehead atoms. The van der Waals surface area contributed by atoms with Gasteiger partial charge in [-0.3, -0.25) is 0 Å². The molecule has 0 saturated heterocycles. The number of nitrogens with zero attached hydrogens (tertiary/aromatic N) is 3. The van der Waals surface area contributed by atoms with E-state index in [0.29, 0.717) is 6.01 Å². The molecule has 5 nitrogen and oxygen atoms in total. The summed E-state index contributed by atoms with van der Waals surface area (Å²) in [6.45, 7) is 0. The molecule has 3 aromatic heterocycles. The molecule has 0 radical (unpaired) electrons. The van der Waals surface area contributed by atoms with Crippen molar-refractivity contribution in [3.63, 3.8) is 0 Å². The van der Waals surface area contributed by atoms with E-state index in [1.54, 1.807) is 30.8 Å². The molecule has 90 valence electrons. The highest BCUT2D eigenvalue weighted by Crippen LogP contribution is 2.33. The maximum atomic E-state index is 5.26. The van der Waals surface area contributed by atoms with E-state index in [1.165, 1.54) is 6.39 Å². The summed E-state index contributed by atoms with van der Waals surface area (Å²) in [5.74, 6) is 0.757. The molecule has 0 fully saturated rings. The van der Waals surface area contributed by atoms with Crippen LogP contribution < -0.4 is 4.74 Å². The van der Waals surface area contributed by atoms with E-state index in [2.05, 4.69) is 15.0 Å². The van der Waals surface area contributed by atoms with Gasteiger partial charge in [0.05, 0.1) is 28.8 Å². The van der Waals surface area contributed by atoms with E-state index < -0.39 is 0 Å². The topological polar surface area (TPSA) is 61.0 Å². The standard InChI is InChI=1S/C12H9N3O2S/c1-16-12-14-5-4-8(15-12)10-2-3-11(18-10)9-6-13-7-17-9/h2-7H,1H3. The number of oxazole rings is 1. The van der Waals surface area contributed by atoms with Gasteiger partial charge in [0.1, 0.15) is 0 Å². The molecule has 0 aliphatic rings. The third-order valence-electron chi connectivity index (χ3n) is 2.35. The second-order valence-electron chi connectivity index (χ2n) is 3.46. The Balaban J connectivity index is 1.97. The molecule has 0 spiro atoms. The Bertz CT molecular complexity index is 649. The molecular weight excluding hydrogens is 250 g/mol. The Morgan fingerprint density at radius 3 is 2.89 bits per heavy atom. The summed E-state index contributed by atoms with van der Waals surface area (Å²) < 4.78 is 10.3. The van der Waals surface area contributed by atoms with Crippen LogP contribution in [-0.4, -0.2) is 22.1 Å². The Morgan fingerprint density at radius 2 is 2.11 bits per heavy atom. The fourth-order valence-electron chi connectivity index (χ4n) is 1.52. The SMILES string of the molecule is COc1nccc(-c2ccc(-c3cnco3)s2)n1. The van der Waals surface area contributed by atoms with Crippen molar-refractivity contribution in [2.75, 3.05) is 7.11 Å². The Kier molecular flexibility index (Phi) is 2.77. The van der Waals surface area contributed by atoms with Gasteiger partial charge in [0.2, 0.25) is 0 Å². The average Bonchev–Trinajstić information content (AvgIpc) is 3.09. The number of ether oxygens (including phenoxy) is 1. The first-order chi connectivity index (χ1) is 8.86. The molecule has 3 aromatic rings. The van der Waals surface area contributed by atoms with Crippen molar-refractivity contribution in [3.05, 3.63) is 37.0 Å². The molecule has 0 N–H and O–H groups in total. The molecule has 0 unspecified atom stereocenters. The van der Waals surface area contributed by atoms with Crippen molar-refractivity contribution in [2.45, 2.75) is 0 Å². The van der Waals surface area contributed by atoms with Crippen molar-refractivity contribution < 1.29 is 9.15 Å². The zero-order chi connectivity index (χ0) is 12.4. The van der Waals surface area contributed by atoms with Gasteiger partial charge in [-0.1, -0.05) is 0 Å². The number of hydrogen-bond acceptors (Lipinski definition) is 6. The summed E-state index contributed by atoms with van der Waals surface area (Å²) in [6, 6.07) is 6.18. The molecule has 0 aliphatic carbocycles. The third kappa shape index (κ3) is 1.98. The van der Waals surface area contributed by atoms with E-state index in [-0.39, 0.29) is 0 Å². The van der Waals surface area contributed by atoms with Gasteiger partial charge in [0, 0.05) is 6.20 Å². The highest BCUT2D eigenvalue weighted by atomic mass is 32.1. The van der Waals surface area contributed by atoms with Gasteiger partial charge < -0.3 is 9.15 Å². The fourth-order valence-corrected chi connectivity index (χ4v) is 2.45. The van der Waals surface area contributed by atoms with E-state index >= 15 is 0 Å². The first kappa shape index (κ1) is 10.9. The Morgan fingerprint density at radius 1 is 1.22 bits per heavy atom. The van der Waals surface area contributed by atoms with Crippen LogP contribution in [-0.2, 0) is 0 Å². The van der Waals surface area contributed by atoms with Gasteiger partial charge in [-0.2, -0.15) is 4.98 Å². The van der Waals surface area contributed by atoms with Gasteiger partial charge >= 0.3 is 6.01 Å². The zero-order valence-electron chi connectivity index (χ0n) is 9.53. The van der Waals surface area contributed by atoms with Gasteiger partial charge in [0.25, 0.3) is 0 Å². The van der Waals surface area contributed by atoms with Crippen LogP contribution in [0.5, 0.6) is 6.01 Å². The lowest BCUT2D eigenvalue weighted by Gasteiger charge is -1.99. The minimum absolute atomic E-state index is 0.363.